The van der Waals surface area contributed by atoms with Crippen molar-refractivity contribution in [2.45, 2.75) is 26.7 Å². The molecule has 1 aromatic carbocycles. The van der Waals surface area contributed by atoms with Crippen molar-refractivity contribution < 1.29 is 4.79 Å². The Morgan fingerprint density at radius 3 is 3.04 bits per heavy atom. The molecule has 3 rings (SSSR count). The molecule has 0 aliphatic carbocycles. The maximum atomic E-state index is 12.5. The van der Waals surface area contributed by atoms with E-state index in [0.29, 0.717) is 17.1 Å². The number of carbonyl (C=O) groups is 1. The fourth-order valence-corrected chi connectivity index (χ4v) is 3.60. The molecule has 6 heteroatoms. The van der Waals surface area contributed by atoms with E-state index in [1.807, 2.05) is 31.2 Å². The van der Waals surface area contributed by atoms with Gasteiger partial charge in [-0.05, 0) is 50.4 Å². The molecule has 1 fully saturated rings. The summed E-state index contributed by atoms with van der Waals surface area (Å²) in [6.07, 6.45) is 4.18. The highest BCUT2D eigenvalue weighted by Crippen LogP contribution is 2.18. The van der Waals surface area contributed by atoms with Crippen molar-refractivity contribution in [2.24, 2.45) is 5.92 Å². The summed E-state index contributed by atoms with van der Waals surface area (Å²) in [5.41, 5.74) is 2.27. The Hall–Kier alpha value is -1.85. The Morgan fingerprint density at radius 1 is 1.44 bits per heavy atom. The molecule has 0 spiro atoms. The van der Waals surface area contributed by atoms with Gasteiger partial charge in [-0.15, -0.1) is 0 Å². The van der Waals surface area contributed by atoms with E-state index in [0.717, 1.165) is 36.9 Å². The molecule has 2 aromatic rings. The van der Waals surface area contributed by atoms with Crippen LogP contribution in [-0.4, -0.2) is 46.8 Å². The molecule has 5 nitrogen and oxygen atoms in total. The molecule has 1 aliphatic heterocycles. The lowest BCUT2D eigenvalue weighted by Crippen LogP contribution is -2.40. The molecular weight excluding hydrogens is 336 g/mol. The van der Waals surface area contributed by atoms with Gasteiger partial charge in [-0.1, -0.05) is 24.6 Å². The van der Waals surface area contributed by atoms with Crippen molar-refractivity contribution in [2.75, 3.05) is 26.2 Å². The van der Waals surface area contributed by atoms with Gasteiger partial charge in [-0.25, -0.2) is 4.68 Å². The lowest BCUT2D eigenvalue weighted by atomic mass is 10.0. The van der Waals surface area contributed by atoms with Crippen LogP contribution < -0.4 is 5.32 Å². The number of amides is 1. The third-order valence-corrected chi connectivity index (χ3v) is 5.00. The van der Waals surface area contributed by atoms with E-state index in [2.05, 4.69) is 22.2 Å². The largest absolute Gasteiger partial charge is 0.351 e. The highest BCUT2D eigenvalue weighted by atomic mass is 35.5. The number of halogens is 1. The number of hydrogen-bond donors (Lipinski definition) is 1. The van der Waals surface area contributed by atoms with Gasteiger partial charge in [-0.2, -0.15) is 5.10 Å². The van der Waals surface area contributed by atoms with Gasteiger partial charge in [0.05, 0.1) is 23.1 Å². The predicted molar refractivity (Wildman–Crippen MR) is 100 cm³/mol. The summed E-state index contributed by atoms with van der Waals surface area (Å²) in [5.74, 6) is 0.679. The molecule has 1 unspecified atom stereocenters. The average Bonchev–Trinajstić information content (AvgIpc) is 2.96. The van der Waals surface area contributed by atoms with Crippen molar-refractivity contribution in [1.29, 1.82) is 0 Å². The lowest BCUT2D eigenvalue weighted by Gasteiger charge is -2.30. The van der Waals surface area contributed by atoms with Crippen molar-refractivity contribution in [3.63, 3.8) is 0 Å². The third kappa shape index (κ3) is 4.41. The molecule has 1 aromatic heterocycles. The number of carbonyl (C=O) groups excluding carboxylic acids is 1. The van der Waals surface area contributed by atoms with Gasteiger partial charge in [0, 0.05) is 24.7 Å². The van der Waals surface area contributed by atoms with Crippen LogP contribution in [0.15, 0.2) is 30.5 Å². The number of nitrogens with zero attached hydrogens (tertiary/aromatic N) is 3. The first kappa shape index (κ1) is 18.0. The summed E-state index contributed by atoms with van der Waals surface area (Å²) in [6.45, 7) is 8.01. The van der Waals surface area contributed by atoms with Crippen LogP contribution in [0.3, 0.4) is 0 Å². The Labute approximate surface area is 154 Å². The van der Waals surface area contributed by atoms with Crippen molar-refractivity contribution >= 4 is 17.5 Å². The summed E-state index contributed by atoms with van der Waals surface area (Å²) >= 11 is 6.04. The molecule has 0 radical (unpaired) electrons. The van der Waals surface area contributed by atoms with Crippen molar-refractivity contribution in [3.8, 4) is 5.69 Å². The summed E-state index contributed by atoms with van der Waals surface area (Å²) < 4.78 is 1.74. The summed E-state index contributed by atoms with van der Waals surface area (Å²) in [7, 11) is 0. The first-order valence-corrected chi connectivity index (χ1v) is 9.23. The standard InChI is InChI=1S/C19H25ClN4O/c1-14-5-4-9-23(13-14)10-8-21-19(25)18-12-22-24(15(18)2)17-7-3-6-16(20)11-17/h3,6-7,11-12,14H,4-5,8-10,13H2,1-2H3,(H,21,25). The van der Waals surface area contributed by atoms with Gasteiger partial charge < -0.3 is 10.2 Å². The Bertz CT molecular complexity index is 743. The number of nitrogens with one attached hydrogen (secondary N) is 1. The zero-order chi connectivity index (χ0) is 17.8. The average molecular weight is 361 g/mol. The quantitative estimate of drug-likeness (QED) is 0.890. The van der Waals surface area contributed by atoms with E-state index in [-0.39, 0.29) is 5.91 Å². The molecule has 1 atom stereocenters. The van der Waals surface area contributed by atoms with Crippen LogP contribution in [0.4, 0.5) is 0 Å². The number of aromatic nitrogens is 2. The number of hydrogen-bond acceptors (Lipinski definition) is 3. The highest BCUT2D eigenvalue weighted by Gasteiger charge is 2.18. The van der Waals surface area contributed by atoms with Gasteiger partial charge in [0.2, 0.25) is 0 Å². The molecule has 1 saturated heterocycles. The second kappa shape index (κ2) is 8.02. The maximum Gasteiger partial charge on any atom is 0.254 e. The first-order chi connectivity index (χ1) is 12.0. The Balaban J connectivity index is 1.59. The van der Waals surface area contributed by atoms with Gasteiger partial charge in [0.1, 0.15) is 0 Å². The number of likely N-dealkylation sites (tertiary alicyclic amines) is 1. The summed E-state index contributed by atoms with van der Waals surface area (Å²) in [5, 5.41) is 8.01. The molecule has 1 amide bonds. The van der Waals surface area contributed by atoms with Gasteiger partial charge in [0.15, 0.2) is 0 Å². The minimum Gasteiger partial charge on any atom is -0.351 e. The highest BCUT2D eigenvalue weighted by molar-refractivity contribution is 6.30. The molecule has 0 bridgehead atoms. The summed E-state index contributed by atoms with van der Waals surface area (Å²) in [4.78, 5) is 14.9. The Kier molecular flexibility index (Phi) is 5.76. The van der Waals surface area contributed by atoms with Crippen LogP contribution in [0, 0.1) is 12.8 Å². The first-order valence-electron chi connectivity index (χ1n) is 8.85. The van der Waals surface area contributed by atoms with E-state index < -0.39 is 0 Å². The van der Waals surface area contributed by atoms with Crippen molar-refractivity contribution in [1.82, 2.24) is 20.0 Å². The number of benzene rings is 1. The molecule has 25 heavy (non-hydrogen) atoms. The fraction of sp³-hybridized carbons (Fsp3) is 0.474. The maximum absolute atomic E-state index is 12.5. The Morgan fingerprint density at radius 2 is 2.28 bits per heavy atom. The van der Waals surface area contributed by atoms with E-state index in [1.165, 1.54) is 12.8 Å². The van der Waals surface area contributed by atoms with E-state index in [1.54, 1.807) is 10.9 Å². The predicted octanol–water partition coefficient (Wildman–Crippen LogP) is 3.30. The van der Waals surface area contributed by atoms with Crippen molar-refractivity contribution in [3.05, 3.63) is 46.7 Å². The minimum absolute atomic E-state index is 0.0733. The van der Waals surface area contributed by atoms with Gasteiger partial charge in [-0.3, -0.25) is 4.79 Å². The zero-order valence-electron chi connectivity index (χ0n) is 14.8. The molecular formula is C19H25ClN4O. The van der Waals surface area contributed by atoms with Gasteiger partial charge in [0.25, 0.3) is 5.91 Å². The number of rotatable bonds is 5. The normalized spacial score (nSPS) is 18.3. The fourth-order valence-electron chi connectivity index (χ4n) is 3.41. The minimum atomic E-state index is -0.0733. The zero-order valence-corrected chi connectivity index (χ0v) is 15.6. The second-order valence-corrected chi connectivity index (χ2v) is 7.28. The van der Waals surface area contributed by atoms with E-state index in [4.69, 9.17) is 11.6 Å². The molecule has 134 valence electrons. The van der Waals surface area contributed by atoms with Crippen LogP contribution in [0.1, 0.15) is 35.8 Å². The van der Waals surface area contributed by atoms with Crippen LogP contribution >= 0.6 is 11.6 Å². The van der Waals surface area contributed by atoms with Crippen LogP contribution in [0.5, 0.6) is 0 Å². The monoisotopic (exact) mass is 360 g/mol. The van der Waals surface area contributed by atoms with Gasteiger partial charge >= 0.3 is 0 Å². The van der Waals surface area contributed by atoms with Crippen LogP contribution in [0.2, 0.25) is 5.02 Å². The number of piperidine rings is 1. The topological polar surface area (TPSA) is 50.2 Å². The molecule has 2 heterocycles. The molecule has 0 saturated carbocycles. The lowest BCUT2D eigenvalue weighted by molar-refractivity contribution is 0.0943. The van der Waals surface area contributed by atoms with E-state index >= 15 is 0 Å². The third-order valence-electron chi connectivity index (χ3n) is 4.76. The SMILES string of the molecule is Cc1c(C(=O)NCCN2CCCC(C)C2)cnn1-c1cccc(Cl)c1. The molecule has 1 aliphatic rings. The van der Waals surface area contributed by atoms with Crippen LogP contribution in [-0.2, 0) is 0 Å². The van der Waals surface area contributed by atoms with Crippen LogP contribution in [0.25, 0.3) is 5.69 Å². The molecule has 1 N–H and O–H groups in total. The summed E-state index contributed by atoms with van der Waals surface area (Å²) in [6, 6.07) is 7.45. The smallest absolute Gasteiger partial charge is 0.254 e. The second-order valence-electron chi connectivity index (χ2n) is 6.84. The van der Waals surface area contributed by atoms with E-state index in [9.17, 15) is 4.79 Å².